The molecule has 0 atom stereocenters. The molecule has 0 aliphatic rings. The Bertz CT molecular complexity index is 174. The molecule has 0 aromatic carbocycles. The van der Waals surface area contributed by atoms with Crippen molar-refractivity contribution < 1.29 is 14.6 Å². The molecule has 0 saturated heterocycles. The van der Waals surface area contributed by atoms with E-state index < -0.39 is 5.97 Å². The molecule has 0 fully saturated rings. The standard InChI is InChI=1S/C8H12O3/c1-7(2)11-6-4-3-5-8(9)10/h7H,5-6H2,1-2H3,(H,9,10). The molecular formula is C8H12O3. The van der Waals surface area contributed by atoms with Crippen molar-refractivity contribution in [3.63, 3.8) is 0 Å². The lowest BCUT2D eigenvalue weighted by molar-refractivity contribution is -0.135. The molecule has 0 aliphatic carbocycles. The third-order valence-electron chi connectivity index (χ3n) is 0.853. The number of hydrogen-bond acceptors (Lipinski definition) is 2. The monoisotopic (exact) mass is 156 g/mol. The fraction of sp³-hybridized carbons (Fsp3) is 0.625. The number of ether oxygens (including phenoxy) is 1. The maximum atomic E-state index is 9.95. The number of hydrogen-bond donors (Lipinski definition) is 1. The van der Waals surface area contributed by atoms with Crippen LogP contribution in [0.5, 0.6) is 0 Å². The Morgan fingerprint density at radius 1 is 1.55 bits per heavy atom. The maximum Gasteiger partial charge on any atom is 0.315 e. The number of carboxylic acids is 1. The van der Waals surface area contributed by atoms with Crippen LogP contribution in [0.2, 0.25) is 0 Å². The van der Waals surface area contributed by atoms with Gasteiger partial charge in [0.2, 0.25) is 0 Å². The van der Waals surface area contributed by atoms with Crippen LogP contribution in [-0.2, 0) is 9.53 Å². The van der Waals surface area contributed by atoms with Crippen LogP contribution in [0.15, 0.2) is 0 Å². The minimum Gasteiger partial charge on any atom is -0.481 e. The van der Waals surface area contributed by atoms with E-state index in [0.29, 0.717) is 6.61 Å². The molecule has 0 rings (SSSR count). The smallest absolute Gasteiger partial charge is 0.315 e. The SMILES string of the molecule is CC(C)OCC#CCC(=O)O. The van der Waals surface area contributed by atoms with E-state index in [9.17, 15) is 4.79 Å². The van der Waals surface area contributed by atoms with Gasteiger partial charge in [-0.2, -0.15) is 0 Å². The first-order valence-electron chi connectivity index (χ1n) is 3.42. The minimum atomic E-state index is -0.901. The lowest BCUT2D eigenvalue weighted by Crippen LogP contribution is -2.01. The summed E-state index contributed by atoms with van der Waals surface area (Å²) in [4.78, 5) is 9.95. The van der Waals surface area contributed by atoms with E-state index in [1.807, 2.05) is 13.8 Å². The van der Waals surface area contributed by atoms with Gasteiger partial charge in [-0.3, -0.25) is 4.79 Å². The fourth-order valence-corrected chi connectivity index (χ4v) is 0.397. The maximum absolute atomic E-state index is 9.95. The van der Waals surface area contributed by atoms with Crippen LogP contribution in [0.1, 0.15) is 20.3 Å². The molecule has 0 aliphatic heterocycles. The van der Waals surface area contributed by atoms with E-state index >= 15 is 0 Å². The zero-order valence-corrected chi connectivity index (χ0v) is 6.76. The van der Waals surface area contributed by atoms with E-state index in [-0.39, 0.29) is 12.5 Å². The van der Waals surface area contributed by atoms with Gasteiger partial charge in [0.1, 0.15) is 13.0 Å². The van der Waals surface area contributed by atoms with Crippen LogP contribution < -0.4 is 0 Å². The van der Waals surface area contributed by atoms with Crippen molar-refractivity contribution in [2.75, 3.05) is 6.61 Å². The lowest BCUT2D eigenvalue weighted by Gasteiger charge is -2.00. The molecule has 0 aromatic heterocycles. The van der Waals surface area contributed by atoms with Gasteiger partial charge in [0.05, 0.1) is 6.10 Å². The van der Waals surface area contributed by atoms with E-state index in [1.54, 1.807) is 0 Å². The second kappa shape index (κ2) is 5.75. The van der Waals surface area contributed by atoms with Crippen LogP contribution in [0.4, 0.5) is 0 Å². The second-order valence-electron chi connectivity index (χ2n) is 2.28. The number of carbonyl (C=O) groups is 1. The Hall–Kier alpha value is -1.01. The molecule has 0 radical (unpaired) electrons. The summed E-state index contributed by atoms with van der Waals surface area (Å²) in [6.45, 7) is 4.11. The third-order valence-corrected chi connectivity index (χ3v) is 0.853. The van der Waals surface area contributed by atoms with E-state index in [4.69, 9.17) is 9.84 Å². The normalized spacial score (nSPS) is 9.00. The molecule has 0 heterocycles. The van der Waals surface area contributed by atoms with Crippen LogP contribution in [0.25, 0.3) is 0 Å². The molecule has 3 heteroatoms. The summed E-state index contributed by atoms with van der Waals surface area (Å²) < 4.78 is 5.06. The highest BCUT2D eigenvalue weighted by Crippen LogP contribution is 1.84. The molecule has 0 saturated carbocycles. The zero-order valence-electron chi connectivity index (χ0n) is 6.76. The van der Waals surface area contributed by atoms with Crippen molar-refractivity contribution in [1.29, 1.82) is 0 Å². The molecule has 0 amide bonds. The molecule has 0 unspecified atom stereocenters. The highest BCUT2D eigenvalue weighted by Gasteiger charge is 1.89. The molecule has 11 heavy (non-hydrogen) atoms. The van der Waals surface area contributed by atoms with Gasteiger partial charge < -0.3 is 9.84 Å². The zero-order chi connectivity index (χ0) is 8.69. The van der Waals surface area contributed by atoms with Crippen molar-refractivity contribution in [2.24, 2.45) is 0 Å². The van der Waals surface area contributed by atoms with Crippen molar-refractivity contribution in [3.05, 3.63) is 0 Å². The molecule has 0 spiro atoms. The van der Waals surface area contributed by atoms with Crippen molar-refractivity contribution in [1.82, 2.24) is 0 Å². The lowest BCUT2D eigenvalue weighted by atomic mass is 10.4. The van der Waals surface area contributed by atoms with Crippen molar-refractivity contribution in [2.45, 2.75) is 26.4 Å². The van der Waals surface area contributed by atoms with Gasteiger partial charge >= 0.3 is 5.97 Å². The summed E-state index contributed by atoms with van der Waals surface area (Å²) in [5, 5.41) is 8.18. The van der Waals surface area contributed by atoms with Crippen molar-refractivity contribution in [3.8, 4) is 11.8 Å². The number of aliphatic carboxylic acids is 1. The molecule has 0 bridgehead atoms. The molecule has 0 aromatic rings. The highest BCUT2D eigenvalue weighted by atomic mass is 16.5. The summed E-state index contributed by atoms with van der Waals surface area (Å²) in [5.41, 5.74) is 0. The quantitative estimate of drug-likeness (QED) is 0.617. The largest absolute Gasteiger partial charge is 0.481 e. The Morgan fingerprint density at radius 3 is 2.64 bits per heavy atom. The summed E-state index contributed by atoms with van der Waals surface area (Å²) in [6, 6.07) is 0. The number of carboxylic acid groups (broad SMARTS) is 1. The van der Waals surface area contributed by atoms with Gasteiger partial charge in [0.15, 0.2) is 0 Å². The van der Waals surface area contributed by atoms with Crippen LogP contribution in [-0.4, -0.2) is 23.8 Å². The Balaban J connectivity index is 3.33. The molecule has 62 valence electrons. The predicted octanol–water partition coefficient (Wildman–Crippen LogP) is 0.889. The van der Waals surface area contributed by atoms with Crippen LogP contribution in [0.3, 0.4) is 0 Å². The van der Waals surface area contributed by atoms with Gasteiger partial charge in [0, 0.05) is 0 Å². The van der Waals surface area contributed by atoms with Gasteiger partial charge in [-0.15, -0.1) is 0 Å². The van der Waals surface area contributed by atoms with E-state index in [1.165, 1.54) is 0 Å². The highest BCUT2D eigenvalue weighted by molar-refractivity contribution is 5.69. The molecule has 1 N–H and O–H groups in total. The second-order valence-corrected chi connectivity index (χ2v) is 2.28. The summed E-state index contributed by atoms with van der Waals surface area (Å²) in [7, 11) is 0. The Kier molecular flexibility index (Phi) is 5.22. The fourth-order valence-electron chi connectivity index (χ4n) is 0.397. The minimum absolute atomic E-state index is 0.110. The van der Waals surface area contributed by atoms with Crippen LogP contribution >= 0.6 is 0 Å². The van der Waals surface area contributed by atoms with Gasteiger partial charge in [-0.05, 0) is 13.8 Å². The van der Waals surface area contributed by atoms with E-state index in [0.717, 1.165) is 0 Å². The topological polar surface area (TPSA) is 46.5 Å². The molecular weight excluding hydrogens is 144 g/mol. The van der Waals surface area contributed by atoms with Gasteiger partial charge in [-0.25, -0.2) is 0 Å². The first-order valence-corrected chi connectivity index (χ1v) is 3.42. The summed E-state index contributed by atoms with van der Waals surface area (Å²) in [5.74, 6) is 4.16. The van der Waals surface area contributed by atoms with Gasteiger partial charge in [0.25, 0.3) is 0 Å². The Morgan fingerprint density at radius 2 is 2.18 bits per heavy atom. The summed E-state index contributed by atoms with van der Waals surface area (Å²) >= 11 is 0. The Labute approximate surface area is 66.4 Å². The number of rotatable bonds is 3. The van der Waals surface area contributed by atoms with Crippen LogP contribution in [0, 0.1) is 11.8 Å². The van der Waals surface area contributed by atoms with E-state index in [2.05, 4.69) is 11.8 Å². The molecule has 3 nitrogen and oxygen atoms in total. The average Bonchev–Trinajstić information content (AvgIpc) is 1.85. The third kappa shape index (κ3) is 8.99. The summed E-state index contributed by atoms with van der Waals surface area (Å²) in [6.07, 6.45) is 0.0377. The average molecular weight is 156 g/mol. The predicted molar refractivity (Wildman–Crippen MR) is 41.1 cm³/mol. The first-order chi connectivity index (χ1) is 5.13. The first kappa shape index (κ1) is 9.99. The van der Waals surface area contributed by atoms with Gasteiger partial charge in [-0.1, -0.05) is 11.8 Å². The van der Waals surface area contributed by atoms with Crippen molar-refractivity contribution >= 4 is 5.97 Å².